The first-order valence-corrected chi connectivity index (χ1v) is 8.98. The monoisotopic (exact) mass is 369 g/mol. The maximum Gasteiger partial charge on any atom is 0.162 e. The molecule has 8 nitrogen and oxygen atoms in total. The summed E-state index contributed by atoms with van der Waals surface area (Å²) in [6, 6.07) is 9.30. The van der Waals surface area contributed by atoms with E-state index in [9.17, 15) is 5.11 Å². The number of nitrogens with zero attached hydrogens (tertiary/aromatic N) is 3. The van der Waals surface area contributed by atoms with Crippen LogP contribution in [0.25, 0.3) is 5.52 Å². The third-order valence-electron chi connectivity index (χ3n) is 4.86. The maximum absolute atomic E-state index is 10.0. The van der Waals surface area contributed by atoms with Crippen LogP contribution in [-0.2, 0) is 0 Å². The maximum atomic E-state index is 10.0. The highest BCUT2D eigenvalue weighted by molar-refractivity contribution is 5.79. The molecule has 1 aromatic carbocycles. The third-order valence-corrected chi connectivity index (χ3v) is 4.86. The van der Waals surface area contributed by atoms with E-state index in [0.717, 1.165) is 29.8 Å². The largest absolute Gasteiger partial charge is 0.497 e. The van der Waals surface area contributed by atoms with Crippen LogP contribution in [0.1, 0.15) is 19.3 Å². The number of hydrogen-bond donors (Lipinski definition) is 3. The number of aliphatic hydroxyl groups excluding tert-OH is 1. The van der Waals surface area contributed by atoms with Gasteiger partial charge in [-0.15, -0.1) is 0 Å². The van der Waals surface area contributed by atoms with Gasteiger partial charge in [0.05, 0.1) is 13.2 Å². The molecule has 2 heterocycles. The van der Waals surface area contributed by atoms with Crippen LogP contribution in [-0.4, -0.2) is 45.1 Å². The van der Waals surface area contributed by atoms with Crippen molar-refractivity contribution in [2.45, 2.75) is 37.5 Å². The van der Waals surface area contributed by atoms with Crippen molar-refractivity contribution in [1.82, 2.24) is 14.6 Å². The number of nitrogens with one attached hydrogen (secondary N) is 1. The van der Waals surface area contributed by atoms with Crippen LogP contribution in [0, 0.1) is 0 Å². The molecule has 0 aliphatic heterocycles. The molecule has 0 amide bonds. The van der Waals surface area contributed by atoms with E-state index in [-0.39, 0.29) is 12.1 Å². The standard InChI is InChI=1S/C19H23N5O3/c1-26-13-4-2-3-12(9-13)23-19-18-17(7-8-24(18)22-11-21-19)27-14-5-6-15(20)16(25)10-14/h2-4,7-9,11,14-16,25H,5-6,10,20H2,1H3,(H,21,22,23)/t14-,15-,16-/m0/s1. The second kappa shape index (κ2) is 7.42. The quantitative estimate of drug-likeness (QED) is 0.632. The molecule has 3 aromatic rings. The van der Waals surface area contributed by atoms with Gasteiger partial charge in [-0.25, -0.2) is 9.50 Å². The average molecular weight is 369 g/mol. The number of nitrogens with two attached hydrogens (primary N) is 1. The minimum atomic E-state index is -0.539. The molecule has 142 valence electrons. The number of methoxy groups -OCH3 is 1. The fraction of sp³-hybridized carbons (Fsp3) is 0.368. The van der Waals surface area contributed by atoms with Gasteiger partial charge in [0.1, 0.15) is 23.7 Å². The highest BCUT2D eigenvalue weighted by atomic mass is 16.5. The molecule has 0 radical (unpaired) electrons. The number of aromatic nitrogens is 3. The SMILES string of the molecule is COc1cccc(Nc2ncnn3ccc(O[C@H]4CC[C@H](N)[C@@H](O)C4)c23)c1. The van der Waals surface area contributed by atoms with Gasteiger partial charge in [-0.05, 0) is 25.0 Å². The molecule has 1 aliphatic rings. The summed E-state index contributed by atoms with van der Waals surface area (Å²) >= 11 is 0. The number of hydrogen-bond acceptors (Lipinski definition) is 7. The first kappa shape index (κ1) is 17.6. The number of aliphatic hydroxyl groups is 1. The summed E-state index contributed by atoms with van der Waals surface area (Å²) in [5, 5.41) is 17.6. The first-order chi connectivity index (χ1) is 13.1. The Morgan fingerprint density at radius 2 is 2.19 bits per heavy atom. The van der Waals surface area contributed by atoms with Crippen molar-refractivity contribution < 1.29 is 14.6 Å². The summed E-state index contributed by atoms with van der Waals surface area (Å²) in [6.45, 7) is 0. The Morgan fingerprint density at radius 1 is 1.30 bits per heavy atom. The van der Waals surface area contributed by atoms with Gasteiger partial charge >= 0.3 is 0 Å². The third kappa shape index (κ3) is 3.67. The molecule has 3 atom stereocenters. The molecule has 27 heavy (non-hydrogen) atoms. The number of ether oxygens (including phenoxy) is 2. The Labute approximate surface area is 156 Å². The van der Waals surface area contributed by atoms with Gasteiger partial charge in [0.15, 0.2) is 11.6 Å². The predicted molar refractivity (Wildman–Crippen MR) is 102 cm³/mol. The molecule has 0 spiro atoms. The van der Waals surface area contributed by atoms with Crippen molar-refractivity contribution in [2.75, 3.05) is 12.4 Å². The minimum Gasteiger partial charge on any atom is -0.497 e. The van der Waals surface area contributed by atoms with E-state index in [1.165, 1.54) is 6.33 Å². The minimum absolute atomic E-state index is 0.0872. The lowest BCUT2D eigenvalue weighted by Crippen LogP contribution is -2.43. The predicted octanol–water partition coefficient (Wildman–Crippen LogP) is 2.10. The van der Waals surface area contributed by atoms with Gasteiger partial charge in [0.25, 0.3) is 0 Å². The molecule has 1 aliphatic carbocycles. The summed E-state index contributed by atoms with van der Waals surface area (Å²) in [6.07, 6.45) is 4.76. The molecule has 8 heteroatoms. The Hall–Kier alpha value is -2.84. The topological polar surface area (TPSA) is 107 Å². The summed E-state index contributed by atoms with van der Waals surface area (Å²) in [4.78, 5) is 4.38. The first-order valence-electron chi connectivity index (χ1n) is 8.98. The van der Waals surface area contributed by atoms with E-state index in [0.29, 0.717) is 18.0 Å². The molecule has 1 fully saturated rings. The van der Waals surface area contributed by atoms with Crippen LogP contribution in [0.15, 0.2) is 42.9 Å². The molecule has 1 saturated carbocycles. The van der Waals surface area contributed by atoms with Crippen LogP contribution in [0.2, 0.25) is 0 Å². The molecule has 4 rings (SSSR count). The molecule has 0 unspecified atom stereocenters. The van der Waals surface area contributed by atoms with Crippen molar-refractivity contribution in [3.63, 3.8) is 0 Å². The van der Waals surface area contributed by atoms with E-state index < -0.39 is 6.10 Å². The average Bonchev–Trinajstić information content (AvgIpc) is 3.09. The van der Waals surface area contributed by atoms with Crippen molar-refractivity contribution in [1.29, 1.82) is 0 Å². The van der Waals surface area contributed by atoms with Gasteiger partial charge < -0.3 is 25.6 Å². The fourth-order valence-corrected chi connectivity index (χ4v) is 3.37. The zero-order valence-corrected chi connectivity index (χ0v) is 15.1. The van der Waals surface area contributed by atoms with Crippen LogP contribution in [0.5, 0.6) is 11.5 Å². The number of benzene rings is 1. The second-order valence-electron chi connectivity index (χ2n) is 6.72. The van der Waals surface area contributed by atoms with E-state index in [1.54, 1.807) is 11.6 Å². The van der Waals surface area contributed by atoms with Crippen LogP contribution in [0.4, 0.5) is 11.5 Å². The zero-order chi connectivity index (χ0) is 18.8. The zero-order valence-electron chi connectivity index (χ0n) is 15.1. The van der Waals surface area contributed by atoms with Gasteiger partial charge in [-0.3, -0.25) is 0 Å². The second-order valence-corrected chi connectivity index (χ2v) is 6.72. The van der Waals surface area contributed by atoms with E-state index in [2.05, 4.69) is 15.4 Å². The lowest BCUT2D eigenvalue weighted by Gasteiger charge is -2.30. The van der Waals surface area contributed by atoms with Gasteiger partial charge in [0.2, 0.25) is 0 Å². The molecule has 0 saturated heterocycles. The van der Waals surface area contributed by atoms with Crippen LogP contribution >= 0.6 is 0 Å². The fourth-order valence-electron chi connectivity index (χ4n) is 3.37. The van der Waals surface area contributed by atoms with Crippen LogP contribution in [0.3, 0.4) is 0 Å². The van der Waals surface area contributed by atoms with E-state index >= 15 is 0 Å². The Morgan fingerprint density at radius 3 is 3.00 bits per heavy atom. The lowest BCUT2D eigenvalue weighted by molar-refractivity contribution is 0.0399. The van der Waals surface area contributed by atoms with E-state index in [1.807, 2.05) is 36.5 Å². The number of rotatable bonds is 5. The molecule has 4 N–H and O–H groups in total. The van der Waals surface area contributed by atoms with Crippen molar-refractivity contribution in [2.24, 2.45) is 5.73 Å². The van der Waals surface area contributed by atoms with Crippen molar-refractivity contribution >= 4 is 17.0 Å². The number of fused-ring (bicyclic) bond motifs is 1. The highest BCUT2D eigenvalue weighted by Gasteiger charge is 2.28. The highest BCUT2D eigenvalue weighted by Crippen LogP contribution is 2.32. The smallest absolute Gasteiger partial charge is 0.162 e. The van der Waals surface area contributed by atoms with E-state index in [4.69, 9.17) is 15.2 Å². The molecular weight excluding hydrogens is 346 g/mol. The summed E-state index contributed by atoms with van der Waals surface area (Å²) in [5.74, 6) is 2.06. The summed E-state index contributed by atoms with van der Waals surface area (Å²) in [5.41, 5.74) is 7.48. The molecule has 2 aromatic heterocycles. The van der Waals surface area contributed by atoms with Gasteiger partial charge in [-0.2, -0.15) is 5.10 Å². The lowest BCUT2D eigenvalue weighted by atomic mass is 9.91. The van der Waals surface area contributed by atoms with Crippen molar-refractivity contribution in [3.05, 3.63) is 42.9 Å². The number of anilines is 2. The molecular formula is C19H23N5O3. The Balaban J connectivity index is 1.61. The Bertz CT molecular complexity index is 929. The van der Waals surface area contributed by atoms with Crippen LogP contribution < -0.4 is 20.5 Å². The normalized spacial score (nSPS) is 22.6. The summed E-state index contributed by atoms with van der Waals surface area (Å²) in [7, 11) is 1.63. The summed E-state index contributed by atoms with van der Waals surface area (Å²) < 4.78 is 13.2. The molecule has 0 bridgehead atoms. The Kier molecular flexibility index (Phi) is 4.83. The van der Waals surface area contributed by atoms with Gasteiger partial charge in [-0.1, -0.05) is 6.07 Å². The van der Waals surface area contributed by atoms with Crippen molar-refractivity contribution in [3.8, 4) is 11.5 Å². The van der Waals surface area contributed by atoms with Gasteiger partial charge in [0, 0.05) is 36.5 Å².